The van der Waals surface area contributed by atoms with E-state index >= 15 is 0 Å². The van der Waals surface area contributed by atoms with E-state index in [9.17, 15) is 18.0 Å². The molecule has 0 aromatic carbocycles. The van der Waals surface area contributed by atoms with Crippen LogP contribution in [0, 0.1) is 5.41 Å². The SMILES string of the molecule is CCN1C[C@@]2(CC1=O)CN(C(C)=O)CCN(S(=O)(=O)C1CC1)C2. The highest BCUT2D eigenvalue weighted by Gasteiger charge is 2.50. The molecule has 8 heteroatoms. The summed E-state index contributed by atoms with van der Waals surface area (Å²) in [5.74, 6) is -0.000820. The van der Waals surface area contributed by atoms with Gasteiger partial charge in [-0.25, -0.2) is 8.42 Å². The Kier molecular flexibility index (Phi) is 4.16. The maximum absolute atomic E-state index is 12.7. The van der Waals surface area contributed by atoms with Crippen molar-refractivity contribution >= 4 is 21.8 Å². The van der Waals surface area contributed by atoms with Crippen LogP contribution in [0.1, 0.15) is 33.1 Å². The van der Waals surface area contributed by atoms with Gasteiger partial charge in [-0.15, -0.1) is 0 Å². The first kappa shape index (κ1) is 16.7. The topological polar surface area (TPSA) is 78.0 Å². The minimum absolute atomic E-state index is 0.0571. The Labute approximate surface area is 137 Å². The maximum Gasteiger partial charge on any atom is 0.223 e. The van der Waals surface area contributed by atoms with Crippen molar-refractivity contribution in [1.82, 2.24) is 14.1 Å². The summed E-state index contributed by atoms with van der Waals surface area (Å²) in [5, 5.41) is -0.261. The lowest BCUT2D eigenvalue weighted by atomic mass is 9.86. The average Bonchev–Trinajstić information content (AvgIpc) is 3.28. The summed E-state index contributed by atoms with van der Waals surface area (Å²) in [6.45, 7) is 6.13. The molecule has 2 aliphatic heterocycles. The zero-order valence-electron chi connectivity index (χ0n) is 13.8. The fraction of sp³-hybridized carbons (Fsp3) is 0.867. The van der Waals surface area contributed by atoms with Gasteiger partial charge in [-0.1, -0.05) is 0 Å². The normalized spacial score (nSPS) is 30.1. The van der Waals surface area contributed by atoms with Crippen LogP contribution in [-0.4, -0.2) is 78.9 Å². The summed E-state index contributed by atoms with van der Waals surface area (Å²) in [6.07, 6.45) is 1.77. The quantitative estimate of drug-likeness (QED) is 0.716. The Morgan fingerprint density at radius 3 is 2.43 bits per heavy atom. The van der Waals surface area contributed by atoms with Crippen molar-refractivity contribution in [2.75, 3.05) is 39.3 Å². The Bertz CT molecular complexity index is 616. The first-order chi connectivity index (χ1) is 10.8. The van der Waals surface area contributed by atoms with Gasteiger partial charge in [0.25, 0.3) is 0 Å². The third kappa shape index (κ3) is 3.10. The van der Waals surface area contributed by atoms with Crippen molar-refractivity contribution in [3.63, 3.8) is 0 Å². The van der Waals surface area contributed by atoms with E-state index in [1.54, 1.807) is 14.1 Å². The molecular formula is C15H25N3O4S. The van der Waals surface area contributed by atoms with Gasteiger partial charge >= 0.3 is 0 Å². The Morgan fingerprint density at radius 1 is 1.22 bits per heavy atom. The van der Waals surface area contributed by atoms with E-state index in [0.29, 0.717) is 45.7 Å². The minimum atomic E-state index is -3.30. The molecule has 3 aliphatic rings. The van der Waals surface area contributed by atoms with Crippen LogP contribution in [0.2, 0.25) is 0 Å². The van der Waals surface area contributed by atoms with Gasteiger partial charge < -0.3 is 9.80 Å². The molecule has 23 heavy (non-hydrogen) atoms. The van der Waals surface area contributed by atoms with Crippen molar-refractivity contribution in [3.8, 4) is 0 Å². The lowest BCUT2D eigenvalue weighted by Crippen LogP contribution is -2.45. The monoisotopic (exact) mass is 343 g/mol. The Hall–Kier alpha value is -1.15. The van der Waals surface area contributed by atoms with E-state index in [0.717, 1.165) is 12.8 Å². The van der Waals surface area contributed by atoms with E-state index in [1.165, 1.54) is 6.92 Å². The first-order valence-electron chi connectivity index (χ1n) is 8.30. The third-order valence-corrected chi connectivity index (χ3v) is 7.54. The maximum atomic E-state index is 12.7. The van der Waals surface area contributed by atoms with Crippen LogP contribution in [0.4, 0.5) is 0 Å². The predicted octanol–water partition coefficient (Wildman–Crippen LogP) is -0.119. The highest BCUT2D eigenvalue weighted by atomic mass is 32.2. The van der Waals surface area contributed by atoms with Gasteiger partial charge in [-0.05, 0) is 19.8 Å². The van der Waals surface area contributed by atoms with Crippen LogP contribution in [0.15, 0.2) is 0 Å². The molecule has 3 rings (SSSR count). The average molecular weight is 343 g/mol. The molecular weight excluding hydrogens is 318 g/mol. The standard InChI is InChI=1S/C15H25N3O4S/c1-3-16-9-15(8-14(16)20)10-17(12(2)19)6-7-18(11-15)23(21,22)13-4-5-13/h13H,3-11H2,1-2H3/t15-/m0/s1. The van der Waals surface area contributed by atoms with Gasteiger partial charge in [-0.3, -0.25) is 9.59 Å². The van der Waals surface area contributed by atoms with Crippen molar-refractivity contribution in [2.24, 2.45) is 5.41 Å². The summed E-state index contributed by atoms with van der Waals surface area (Å²) >= 11 is 0. The molecule has 0 aromatic rings. The fourth-order valence-corrected chi connectivity index (χ4v) is 5.71. The molecule has 2 amide bonds. The number of hydrogen-bond acceptors (Lipinski definition) is 4. The zero-order valence-corrected chi connectivity index (χ0v) is 14.6. The van der Waals surface area contributed by atoms with Crippen LogP contribution in [0.5, 0.6) is 0 Å². The molecule has 1 aliphatic carbocycles. The molecule has 1 spiro atoms. The highest BCUT2D eigenvalue weighted by Crippen LogP contribution is 2.38. The molecule has 1 saturated carbocycles. The largest absolute Gasteiger partial charge is 0.342 e. The van der Waals surface area contributed by atoms with Crippen molar-refractivity contribution < 1.29 is 18.0 Å². The molecule has 0 unspecified atom stereocenters. The molecule has 0 radical (unpaired) electrons. The zero-order chi connectivity index (χ0) is 16.8. The second-order valence-electron chi connectivity index (χ2n) is 7.10. The predicted molar refractivity (Wildman–Crippen MR) is 85.1 cm³/mol. The second kappa shape index (κ2) is 5.73. The van der Waals surface area contributed by atoms with Crippen molar-refractivity contribution in [3.05, 3.63) is 0 Å². The van der Waals surface area contributed by atoms with Crippen LogP contribution in [0.3, 0.4) is 0 Å². The molecule has 0 aromatic heterocycles. The number of likely N-dealkylation sites (tertiary alicyclic amines) is 1. The van der Waals surface area contributed by atoms with Crippen LogP contribution in [0.25, 0.3) is 0 Å². The number of sulfonamides is 1. The lowest BCUT2D eigenvalue weighted by molar-refractivity contribution is -0.130. The molecule has 3 fully saturated rings. The fourth-order valence-electron chi connectivity index (χ4n) is 3.76. The molecule has 7 nitrogen and oxygen atoms in total. The van der Waals surface area contributed by atoms with Gasteiger partial charge in [0.05, 0.1) is 5.25 Å². The Balaban J connectivity index is 1.89. The lowest BCUT2D eigenvalue weighted by Gasteiger charge is -2.33. The van der Waals surface area contributed by atoms with E-state index in [2.05, 4.69) is 0 Å². The molecule has 2 saturated heterocycles. The number of carbonyl (C=O) groups is 2. The number of rotatable bonds is 3. The highest BCUT2D eigenvalue weighted by molar-refractivity contribution is 7.90. The summed E-state index contributed by atoms with van der Waals surface area (Å²) in [6, 6.07) is 0. The number of hydrogen-bond donors (Lipinski definition) is 0. The molecule has 2 heterocycles. The summed E-state index contributed by atoms with van der Waals surface area (Å²) in [7, 11) is -3.30. The van der Waals surface area contributed by atoms with E-state index in [4.69, 9.17) is 0 Å². The van der Waals surface area contributed by atoms with Crippen LogP contribution >= 0.6 is 0 Å². The van der Waals surface area contributed by atoms with Crippen LogP contribution in [-0.2, 0) is 19.6 Å². The van der Waals surface area contributed by atoms with Crippen LogP contribution < -0.4 is 0 Å². The smallest absolute Gasteiger partial charge is 0.223 e. The molecule has 0 bridgehead atoms. The van der Waals surface area contributed by atoms with E-state index in [-0.39, 0.29) is 17.1 Å². The van der Waals surface area contributed by atoms with Gasteiger partial charge in [0.15, 0.2) is 0 Å². The number of amides is 2. The van der Waals surface area contributed by atoms with Gasteiger partial charge in [0.2, 0.25) is 21.8 Å². The third-order valence-electron chi connectivity index (χ3n) is 5.20. The number of carbonyl (C=O) groups excluding carboxylic acids is 2. The van der Waals surface area contributed by atoms with E-state index in [1.807, 2.05) is 6.92 Å². The molecule has 130 valence electrons. The second-order valence-corrected chi connectivity index (χ2v) is 9.32. The first-order valence-corrected chi connectivity index (χ1v) is 9.80. The molecule has 1 atom stereocenters. The summed E-state index contributed by atoms with van der Waals surface area (Å²) in [5.41, 5.74) is -0.475. The van der Waals surface area contributed by atoms with Crippen molar-refractivity contribution in [2.45, 2.75) is 38.4 Å². The summed E-state index contributed by atoms with van der Waals surface area (Å²) in [4.78, 5) is 27.6. The van der Waals surface area contributed by atoms with Gasteiger partial charge in [-0.2, -0.15) is 4.31 Å². The minimum Gasteiger partial charge on any atom is -0.342 e. The molecule has 0 N–H and O–H groups in total. The van der Waals surface area contributed by atoms with Crippen molar-refractivity contribution in [1.29, 1.82) is 0 Å². The van der Waals surface area contributed by atoms with Gasteiger partial charge in [0, 0.05) is 58.0 Å². The van der Waals surface area contributed by atoms with E-state index < -0.39 is 15.4 Å². The van der Waals surface area contributed by atoms with Gasteiger partial charge in [0.1, 0.15) is 0 Å². The number of nitrogens with zero attached hydrogens (tertiary/aromatic N) is 3. The Morgan fingerprint density at radius 2 is 1.91 bits per heavy atom. The summed E-state index contributed by atoms with van der Waals surface area (Å²) < 4.78 is 26.9.